The molecule has 6 nitrogen and oxygen atoms in total. The van der Waals surface area contributed by atoms with Crippen molar-refractivity contribution in [1.82, 2.24) is 19.6 Å². The first-order valence-corrected chi connectivity index (χ1v) is 8.42. The summed E-state index contributed by atoms with van der Waals surface area (Å²) in [5, 5.41) is 8.54. The van der Waals surface area contributed by atoms with Crippen LogP contribution in [0.4, 0.5) is 11.5 Å². The lowest BCUT2D eigenvalue weighted by atomic mass is 10.2. The topological polar surface area (TPSA) is 64.3 Å². The molecule has 2 aromatic carbocycles. The van der Waals surface area contributed by atoms with Crippen molar-refractivity contribution in [3.8, 4) is 17.1 Å². The minimum atomic E-state index is 0.521. The van der Waals surface area contributed by atoms with Crippen LogP contribution < -0.4 is 10.1 Å². The number of methoxy groups -OCH3 is 1. The zero-order valence-corrected chi connectivity index (χ0v) is 15.0. The van der Waals surface area contributed by atoms with Gasteiger partial charge in [0.15, 0.2) is 5.82 Å². The van der Waals surface area contributed by atoms with Gasteiger partial charge >= 0.3 is 0 Å². The lowest BCUT2D eigenvalue weighted by Gasteiger charge is -2.12. The summed E-state index contributed by atoms with van der Waals surface area (Å²) in [6, 6.07) is 17.1. The van der Waals surface area contributed by atoms with E-state index < -0.39 is 0 Å². The molecule has 0 aliphatic heterocycles. The minimum absolute atomic E-state index is 0.521. The quantitative estimate of drug-likeness (QED) is 0.576. The van der Waals surface area contributed by atoms with E-state index in [9.17, 15) is 0 Å². The molecular weight excluding hydrogens is 350 g/mol. The van der Waals surface area contributed by atoms with E-state index in [2.05, 4.69) is 20.4 Å². The molecule has 0 spiro atoms. The number of anilines is 2. The van der Waals surface area contributed by atoms with Crippen LogP contribution >= 0.6 is 11.6 Å². The Balaban J connectivity index is 1.83. The van der Waals surface area contributed by atoms with Crippen molar-refractivity contribution in [2.75, 3.05) is 12.4 Å². The predicted molar refractivity (Wildman–Crippen MR) is 102 cm³/mol. The van der Waals surface area contributed by atoms with Crippen LogP contribution in [0.25, 0.3) is 17.2 Å². The van der Waals surface area contributed by atoms with Gasteiger partial charge in [0.05, 0.1) is 12.8 Å². The van der Waals surface area contributed by atoms with E-state index in [1.54, 1.807) is 23.8 Å². The minimum Gasteiger partial charge on any atom is -0.495 e. The van der Waals surface area contributed by atoms with Crippen LogP contribution in [-0.4, -0.2) is 26.7 Å². The summed E-state index contributed by atoms with van der Waals surface area (Å²) in [6.45, 7) is 1.91. The van der Waals surface area contributed by atoms with Crippen molar-refractivity contribution in [2.24, 2.45) is 0 Å². The van der Waals surface area contributed by atoms with E-state index in [1.807, 2.05) is 49.4 Å². The van der Waals surface area contributed by atoms with Gasteiger partial charge in [0.25, 0.3) is 5.78 Å². The third kappa shape index (κ3) is 3.07. The van der Waals surface area contributed by atoms with Gasteiger partial charge in [0, 0.05) is 22.3 Å². The summed E-state index contributed by atoms with van der Waals surface area (Å²) in [6.07, 6.45) is 0. The lowest BCUT2D eigenvalue weighted by molar-refractivity contribution is 0.417. The zero-order valence-electron chi connectivity index (χ0n) is 14.3. The van der Waals surface area contributed by atoms with Crippen LogP contribution in [0.2, 0.25) is 5.02 Å². The van der Waals surface area contributed by atoms with Gasteiger partial charge in [-0.2, -0.15) is 9.50 Å². The summed E-state index contributed by atoms with van der Waals surface area (Å²) < 4.78 is 7.08. The van der Waals surface area contributed by atoms with Crippen molar-refractivity contribution < 1.29 is 4.74 Å². The number of aryl methyl sites for hydroxylation is 1. The molecule has 0 saturated heterocycles. The summed E-state index contributed by atoms with van der Waals surface area (Å²) in [5.74, 6) is 2.54. The fourth-order valence-corrected chi connectivity index (χ4v) is 2.87. The molecule has 0 unspecified atom stereocenters. The van der Waals surface area contributed by atoms with Gasteiger partial charge in [-0.3, -0.25) is 0 Å². The number of ether oxygens (including phenoxy) is 1. The molecule has 0 bridgehead atoms. The molecule has 0 aliphatic rings. The first-order valence-electron chi connectivity index (χ1n) is 8.04. The number of benzene rings is 2. The Labute approximate surface area is 155 Å². The highest BCUT2D eigenvalue weighted by Gasteiger charge is 2.13. The van der Waals surface area contributed by atoms with Crippen molar-refractivity contribution in [2.45, 2.75) is 6.92 Å². The lowest BCUT2D eigenvalue weighted by Crippen LogP contribution is -2.03. The molecule has 0 saturated carbocycles. The Bertz CT molecular complexity index is 1080. The van der Waals surface area contributed by atoms with Gasteiger partial charge in [-0.25, -0.2) is 4.98 Å². The summed E-state index contributed by atoms with van der Waals surface area (Å²) in [5.41, 5.74) is 2.50. The van der Waals surface area contributed by atoms with Crippen molar-refractivity contribution >= 4 is 28.9 Å². The Kier molecular flexibility index (Phi) is 4.18. The molecular formula is C19H16ClN5O. The average Bonchev–Trinajstić information content (AvgIpc) is 3.07. The molecule has 4 rings (SSSR count). The number of halogens is 1. The van der Waals surface area contributed by atoms with E-state index >= 15 is 0 Å². The molecule has 1 N–H and O–H groups in total. The van der Waals surface area contributed by atoms with Gasteiger partial charge in [0.1, 0.15) is 11.6 Å². The fraction of sp³-hybridized carbons (Fsp3) is 0.105. The second-order valence-electron chi connectivity index (χ2n) is 5.77. The number of nitrogens with one attached hydrogen (secondary N) is 1. The van der Waals surface area contributed by atoms with Crippen molar-refractivity contribution in [3.63, 3.8) is 0 Å². The molecule has 0 radical (unpaired) electrons. The standard InChI is InChI=1S/C19H16ClN5O/c1-12-10-17(22-15-11-14(20)8-9-16(15)26-2)25-19(21-12)23-18(24-25)13-6-4-3-5-7-13/h3-11,22H,1-2H3. The highest BCUT2D eigenvalue weighted by Crippen LogP contribution is 2.31. The number of hydrogen-bond acceptors (Lipinski definition) is 5. The monoisotopic (exact) mass is 365 g/mol. The Morgan fingerprint density at radius 2 is 1.85 bits per heavy atom. The van der Waals surface area contributed by atoms with Crippen LogP contribution in [0.1, 0.15) is 5.69 Å². The van der Waals surface area contributed by atoms with E-state index in [0.29, 0.717) is 22.4 Å². The maximum absolute atomic E-state index is 6.13. The maximum atomic E-state index is 6.13. The van der Waals surface area contributed by atoms with E-state index in [-0.39, 0.29) is 0 Å². The number of aromatic nitrogens is 4. The van der Waals surface area contributed by atoms with E-state index in [4.69, 9.17) is 16.3 Å². The smallest absolute Gasteiger partial charge is 0.254 e. The van der Waals surface area contributed by atoms with Crippen LogP contribution in [0, 0.1) is 6.92 Å². The normalized spacial score (nSPS) is 10.9. The molecule has 7 heteroatoms. The largest absolute Gasteiger partial charge is 0.495 e. The third-order valence-corrected chi connectivity index (χ3v) is 4.13. The molecule has 26 heavy (non-hydrogen) atoms. The van der Waals surface area contributed by atoms with Gasteiger partial charge in [-0.05, 0) is 25.1 Å². The summed E-state index contributed by atoms with van der Waals surface area (Å²) in [4.78, 5) is 9.03. The molecule has 0 aliphatic carbocycles. The van der Waals surface area contributed by atoms with Crippen LogP contribution in [0.15, 0.2) is 54.6 Å². The highest BCUT2D eigenvalue weighted by atomic mass is 35.5. The Morgan fingerprint density at radius 1 is 1.04 bits per heavy atom. The van der Waals surface area contributed by atoms with Crippen molar-refractivity contribution in [3.05, 3.63) is 65.3 Å². The van der Waals surface area contributed by atoms with E-state index in [0.717, 1.165) is 22.8 Å². The summed E-state index contributed by atoms with van der Waals surface area (Å²) >= 11 is 6.13. The van der Waals surface area contributed by atoms with Gasteiger partial charge in [-0.1, -0.05) is 41.9 Å². The molecule has 130 valence electrons. The summed E-state index contributed by atoms with van der Waals surface area (Å²) in [7, 11) is 1.62. The Hall–Kier alpha value is -3.12. The number of hydrogen-bond donors (Lipinski definition) is 1. The number of rotatable bonds is 4. The average molecular weight is 366 g/mol. The fourth-order valence-electron chi connectivity index (χ4n) is 2.70. The molecule has 0 amide bonds. The molecule has 0 fully saturated rings. The number of fused-ring (bicyclic) bond motifs is 1. The van der Waals surface area contributed by atoms with Gasteiger partial charge < -0.3 is 10.1 Å². The maximum Gasteiger partial charge on any atom is 0.254 e. The first-order chi connectivity index (χ1) is 12.6. The molecule has 2 aromatic heterocycles. The van der Waals surface area contributed by atoms with Crippen LogP contribution in [0.3, 0.4) is 0 Å². The second-order valence-corrected chi connectivity index (χ2v) is 6.20. The SMILES string of the molecule is COc1ccc(Cl)cc1Nc1cc(C)nc2nc(-c3ccccc3)nn12. The molecule has 2 heterocycles. The first kappa shape index (κ1) is 16.4. The highest BCUT2D eigenvalue weighted by molar-refractivity contribution is 6.31. The van der Waals surface area contributed by atoms with E-state index in [1.165, 1.54) is 0 Å². The van der Waals surface area contributed by atoms with Gasteiger partial charge in [0.2, 0.25) is 0 Å². The Morgan fingerprint density at radius 3 is 2.62 bits per heavy atom. The molecule has 4 aromatic rings. The van der Waals surface area contributed by atoms with Crippen LogP contribution in [-0.2, 0) is 0 Å². The number of nitrogens with zero attached hydrogens (tertiary/aromatic N) is 4. The van der Waals surface area contributed by atoms with Crippen molar-refractivity contribution in [1.29, 1.82) is 0 Å². The third-order valence-electron chi connectivity index (χ3n) is 3.90. The van der Waals surface area contributed by atoms with Gasteiger partial charge in [-0.15, -0.1) is 5.10 Å². The molecule has 0 atom stereocenters. The van der Waals surface area contributed by atoms with Crippen LogP contribution in [0.5, 0.6) is 5.75 Å². The zero-order chi connectivity index (χ0) is 18.1. The second kappa shape index (κ2) is 6.65. The predicted octanol–water partition coefficient (Wildman–Crippen LogP) is 4.51.